The summed E-state index contributed by atoms with van der Waals surface area (Å²) in [6, 6.07) is 8.12. The SMILES string of the molecule is CC(=O)Nn1ccc2ccc(C)cc21. The lowest BCUT2D eigenvalue weighted by Gasteiger charge is -2.05. The second kappa shape index (κ2) is 3.18. The highest BCUT2D eigenvalue weighted by atomic mass is 16.2. The third kappa shape index (κ3) is 1.48. The first-order chi connectivity index (χ1) is 6.66. The molecule has 1 heterocycles. The van der Waals surface area contributed by atoms with Crippen molar-refractivity contribution in [1.82, 2.24) is 4.68 Å². The summed E-state index contributed by atoms with van der Waals surface area (Å²) in [5.41, 5.74) is 4.94. The van der Waals surface area contributed by atoms with E-state index in [4.69, 9.17) is 0 Å². The molecule has 0 aliphatic rings. The third-order valence-electron chi connectivity index (χ3n) is 2.13. The number of aryl methyl sites for hydroxylation is 1. The summed E-state index contributed by atoms with van der Waals surface area (Å²) in [4.78, 5) is 10.9. The molecule has 1 aromatic heterocycles. The molecule has 1 amide bonds. The molecule has 0 bridgehead atoms. The number of fused-ring (bicyclic) bond motifs is 1. The van der Waals surface area contributed by atoms with E-state index in [1.54, 1.807) is 4.68 Å². The van der Waals surface area contributed by atoms with Crippen LogP contribution in [0.25, 0.3) is 10.9 Å². The summed E-state index contributed by atoms with van der Waals surface area (Å²) in [5.74, 6) is -0.0657. The van der Waals surface area contributed by atoms with Gasteiger partial charge in [-0.15, -0.1) is 0 Å². The first-order valence-corrected chi connectivity index (χ1v) is 4.52. The Kier molecular flexibility index (Phi) is 2.00. The van der Waals surface area contributed by atoms with Gasteiger partial charge in [0.05, 0.1) is 5.52 Å². The van der Waals surface area contributed by atoms with Crippen molar-refractivity contribution in [3.05, 3.63) is 36.0 Å². The zero-order chi connectivity index (χ0) is 10.1. The first-order valence-electron chi connectivity index (χ1n) is 4.52. The Bertz CT molecular complexity index is 485. The second-order valence-corrected chi connectivity index (χ2v) is 3.42. The minimum absolute atomic E-state index is 0.0657. The Morgan fingerprint density at radius 2 is 2.14 bits per heavy atom. The molecule has 2 aromatic rings. The number of aromatic nitrogens is 1. The van der Waals surface area contributed by atoms with Gasteiger partial charge in [0, 0.05) is 18.5 Å². The van der Waals surface area contributed by atoms with Crippen molar-refractivity contribution in [3.63, 3.8) is 0 Å². The Morgan fingerprint density at radius 3 is 2.86 bits per heavy atom. The summed E-state index contributed by atoms with van der Waals surface area (Å²) in [6.07, 6.45) is 1.85. The van der Waals surface area contributed by atoms with E-state index in [0.29, 0.717) is 0 Å². The minimum atomic E-state index is -0.0657. The van der Waals surface area contributed by atoms with Crippen LogP contribution in [0.4, 0.5) is 0 Å². The van der Waals surface area contributed by atoms with Gasteiger partial charge in [0.15, 0.2) is 0 Å². The van der Waals surface area contributed by atoms with Gasteiger partial charge in [-0.05, 0) is 24.6 Å². The zero-order valence-electron chi connectivity index (χ0n) is 8.24. The molecule has 0 saturated carbocycles. The van der Waals surface area contributed by atoms with Crippen LogP contribution in [0.1, 0.15) is 12.5 Å². The van der Waals surface area contributed by atoms with Crippen molar-refractivity contribution >= 4 is 16.8 Å². The van der Waals surface area contributed by atoms with E-state index in [0.717, 1.165) is 10.9 Å². The lowest BCUT2D eigenvalue weighted by atomic mass is 10.2. The van der Waals surface area contributed by atoms with Gasteiger partial charge >= 0.3 is 0 Å². The highest BCUT2D eigenvalue weighted by Gasteiger charge is 2.01. The van der Waals surface area contributed by atoms with Crippen LogP contribution in [0, 0.1) is 6.92 Å². The van der Waals surface area contributed by atoms with Crippen LogP contribution in [-0.4, -0.2) is 10.6 Å². The van der Waals surface area contributed by atoms with Gasteiger partial charge in [-0.3, -0.25) is 14.9 Å². The number of carbonyl (C=O) groups excluding carboxylic acids is 1. The van der Waals surface area contributed by atoms with Gasteiger partial charge in [-0.1, -0.05) is 12.1 Å². The summed E-state index contributed by atoms with van der Waals surface area (Å²) < 4.78 is 1.74. The smallest absolute Gasteiger partial charge is 0.235 e. The summed E-state index contributed by atoms with van der Waals surface area (Å²) >= 11 is 0. The highest BCUT2D eigenvalue weighted by molar-refractivity contribution is 5.86. The molecule has 72 valence electrons. The molecule has 0 aliphatic heterocycles. The number of nitrogens with zero attached hydrogens (tertiary/aromatic N) is 1. The lowest BCUT2D eigenvalue weighted by Crippen LogP contribution is -2.18. The average molecular weight is 188 g/mol. The number of hydrogen-bond acceptors (Lipinski definition) is 1. The zero-order valence-corrected chi connectivity index (χ0v) is 8.24. The van der Waals surface area contributed by atoms with E-state index in [9.17, 15) is 4.79 Å². The van der Waals surface area contributed by atoms with Gasteiger partial charge in [0.2, 0.25) is 5.91 Å². The molecule has 1 aromatic carbocycles. The number of hydrogen-bond donors (Lipinski definition) is 1. The molecule has 0 fully saturated rings. The maximum absolute atomic E-state index is 10.9. The van der Waals surface area contributed by atoms with Crippen LogP contribution < -0.4 is 5.43 Å². The molecule has 1 N–H and O–H groups in total. The van der Waals surface area contributed by atoms with Crippen molar-refractivity contribution in [2.45, 2.75) is 13.8 Å². The Morgan fingerprint density at radius 1 is 1.36 bits per heavy atom. The summed E-state index contributed by atoms with van der Waals surface area (Å²) in [5, 5.41) is 1.13. The van der Waals surface area contributed by atoms with Crippen LogP contribution in [0.3, 0.4) is 0 Å². The maximum Gasteiger partial charge on any atom is 0.235 e. The number of benzene rings is 1. The minimum Gasteiger partial charge on any atom is -0.274 e. The van der Waals surface area contributed by atoms with Crippen LogP contribution >= 0.6 is 0 Å². The Labute approximate surface area is 82.3 Å². The van der Waals surface area contributed by atoms with Gasteiger partial charge in [0.25, 0.3) is 0 Å². The Balaban J connectivity index is 2.55. The second-order valence-electron chi connectivity index (χ2n) is 3.42. The van der Waals surface area contributed by atoms with Crippen molar-refractivity contribution in [2.75, 3.05) is 5.43 Å². The molecule has 3 nitrogen and oxygen atoms in total. The average Bonchev–Trinajstić information content (AvgIpc) is 2.47. The third-order valence-corrected chi connectivity index (χ3v) is 2.13. The molecule has 0 atom stereocenters. The van der Waals surface area contributed by atoms with E-state index < -0.39 is 0 Å². The highest BCUT2D eigenvalue weighted by Crippen LogP contribution is 2.15. The fourth-order valence-corrected chi connectivity index (χ4v) is 1.51. The molecule has 14 heavy (non-hydrogen) atoms. The molecule has 0 spiro atoms. The predicted molar refractivity (Wildman–Crippen MR) is 56.7 cm³/mol. The number of amides is 1. The lowest BCUT2D eigenvalue weighted by molar-refractivity contribution is -0.115. The van der Waals surface area contributed by atoms with Crippen LogP contribution in [0.5, 0.6) is 0 Å². The van der Waals surface area contributed by atoms with E-state index in [2.05, 4.69) is 11.5 Å². The largest absolute Gasteiger partial charge is 0.274 e. The molecule has 0 saturated heterocycles. The van der Waals surface area contributed by atoms with Gasteiger partial charge in [-0.2, -0.15) is 0 Å². The number of nitrogens with one attached hydrogen (secondary N) is 1. The number of carbonyl (C=O) groups is 1. The first kappa shape index (κ1) is 8.81. The summed E-state index contributed by atoms with van der Waals surface area (Å²) in [7, 11) is 0. The van der Waals surface area contributed by atoms with E-state index in [-0.39, 0.29) is 5.91 Å². The molecule has 0 aliphatic carbocycles. The molecule has 0 radical (unpaired) electrons. The van der Waals surface area contributed by atoms with Gasteiger partial charge in [-0.25, -0.2) is 0 Å². The fraction of sp³-hybridized carbons (Fsp3) is 0.182. The molecule has 2 rings (SSSR count). The number of rotatable bonds is 1. The molecular formula is C11H12N2O. The predicted octanol–water partition coefficient (Wildman–Crippen LogP) is 2.04. The topological polar surface area (TPSA) is 34.0 Å². The van der Waals surface area contributed by atoms with Crippen molar-refractivity contribution in [2.24, 2.45) is 0 Å². The van der Waals surface area contributed by atoms with E-state index in [1.807, 2.05) is 31.3 Å². The quantitative estimate of drug-likeness (QED) is 0.730. The molecular weight excluding hydrogens is 176 g/mol. The summed E-state index contributed by atoms with van der Waals surface area (Å²) in [6.45, 7) is 3.53. The van der Waals surface area contributed by atoms with Gasteiger partial charge < -0.3 is 0 Å². The van der Waals surface area contributed by atoms with Crippen molar-refractivity contribution in [1.29, 1.82) is 0 Å². The monoisotopic (exact) mass is 188 g/mol. The van der Waals surface area contributed by atoms with Crippen molar-refractivity contribution < 1.29 is 4.79 Å². The molecule has 3 heteroatoms. The standard InChI is InChI=1S/C11H12N2O/c1-8-3-4-10-5-6-13(11(10)7-8)12-9(2)14/h3-7H,1-2H3,(H,12,14). The van der Waals surface area contributed by atoms with Crippen molar-refractivity contribution in [3.8, 4) is 0 Å². The van der Waals surface area contributed by atoms with Crippen LogP contribution in [0.15, 0.2) is 30.5 Å². The van der Waals surface area contributed by atoms with E-state index in [1.165, 1.54) is 12.5 Å². The Hall–Kier alpha value is -1.77. The van der Waals surface area contributed by atoms with Crippen LogP contribution in [-0.2, 0) is 4.79 Å². The maximum atomic E-state index is 10.9. The van der Waals surface area contributed by atoms with Gasteiger partial charge in [0.1, 0.15) is 0 Å². The molecule has 0 unspecified atom stereocenters. The normalized spacial score (nSPS) is 10.4. The van der Waals surface area contributed by atoms with Crippen LogP contribution in [0.2, 0.25) is 0 Å². The fourth-order valence-electron chi connectivity index (χ4n) is 1.51. The van der Waals surface area contributed by atoms with E-state index >= 15 is 0 Å².